The molecule has 0 fully saturated rings. The third-order valence-corrected chi connectivity index (χ3v) is 4.29. The minimum absolute atomic E-state index is 0.0555. The Morgan fingerprint density at radius 2 is 1.81 bits per heavy atom. The molecule has 3 aromatic rings. The average molecular weight is 364 g/mol. The average Bonchev–Trinajstić information content (AvgIpc) is 2.62. The van der Waals surface area contributed by atoms with Crippen LogP contribution >= 0.6 is 0 Å². The lowest BCUT2D eigenvalue weighted by Gasteiger charge is -2.15. The predicted octanol–water partition coefficient (Wildman–Crippen LogP) is 3.14. The van der Waals surface area contributed by atoms with E-state index in [9.17, 15) is 14.7 Å². The zero-order valence-electron chi connectivity index (χ0n) is 15.3. The molecule has 0 radical (unpaired) electrons. The molecule has 2 aromatic heterocycles. The summed E-state index contributed by atoms with van der Waals surface area (Å²) in [5.41, 5.74) is 8.57. The number of aromatic carboxylic acids is 1. The molecule has 0 aliphatic rings. The third-order valence-electron chi connectivity index (χ3n) is 4.29. The predicted molar refractivity (Wildman–Crippen MR) is 104 cm³/mol. The van der Waals surface area contributed by atoms with Crippen LogP contribution in [-0.4, -0.2) is 25.6 Å². The van der Waals surface area contributed by atoms with Crippen molar-refractivity contribution in [3.63, 3.8) is 0 Å². The second kappa shape index (κ2) is 7.03. The van der Waals surface area contributed by atoms with Crippen molar-refractivity contribution < 1.29 is 9.90 Å². The smallest absolute Gasteiger partial charge is 0.358 e. The Morgan fingerprint density at radius 1 is 1.11 bits per heavy atom. The molecule has 3 N–H and O–H groups in total. The Kier molecular flexibility index (Phi) is 4.77. The van der Waals surface area contributed by atoms with E-state index in [0.29, 0.717) is 17.0 Å². The largest absolute Gasteiger partial charge is 0.476 e. The first-order valence-corrected chi connectivity index (χ1v) is 8.49. The van der Waals surface area contributed by atoms with Gasteiger partial charge in [-0.05, 0) is 32.4 Å². The second-order valence-electron chi connectivity index (χ2n) is 6.53. The van der Waals surface area contributed by atoms with Crippen molar-refractivity contribution in [1.29, 1.82) is 0 Å². The quantitative estimate of drug-likeness (QED) is 0.736. The molecule has 27 heavy (non-hydrogen) atoms. The molecule has 0 atom stereocenters. The van der Waals surface area contributed by atoms with E-state index in [1.54, 1.807) is 16.8 Å². The Hall–Kier alpha value is -3.48. The van der Waals surface area contributed by atoms with Crippen LogP contribution in [-0.2, 0) is 0 Å². The van der Waals surface area contributed by atoms with Crippen LogP contribution in [0, 0.1) is 6.92 Å². The molecule has 0 unspecified atom stereocenters. The number of carboxylic acid groups (broad SMARTS) is 1. The number of pyridine rings is 1. The van der Waals surface area contributed by atoms with Crippen LogP contribution in [0.4, 0.5) is 5.82 Å². The van der Waals surface area contributed by atoms with Crippen molar-refractivity contribution in [2.75, 3.05) is 5.73 Å². The van der Waals surface area contributed by atoms with Gasteiger partial charge in [-0.3, -0.25) is 4.79 Å². The van der Waals surface area contributed by atoms with Gasteiger partial charge in [0.2, 0.25) is 0 Å². The number of hydrogen-bond donors (Lipinski definition) is 2. The summed E-state index contributed by atoms with van der Waals surface area (Å²) in [5, 5.41) is 9.40. The SMILES string of the molecule is Cc1ccccc1-c1nc(N)c(C(=O)O)nc1-c1ccc(=O)n(C(C)C)c1. The number of nitrogens with two attached hydrogens (primary N) is 1. The van der Waals surface area contributed by atoms with Gasteiger partial charge in [0.25, 0.3) is 5.56 Å². The number of carboxylic acids is 1. The van der Waals surface area contributed by atoms with Gasteiger partial charge < -0.3 is 15.4 Å². The fourth-order valence-corrected chi connectivity index (χ4v) is 2.88. The number of rotatable bonds is 4. The molecule has 2 heterocycles. The van der Waals surface area contributed by atoms with Gasteiger partial charge in [0, 0.05) is 29.4 Å². The third kappa shape index (κ3) is 3.44. The fraction of sp³-hybridized carbons (Fsp3) is 0.200. The number of nitrogen functional groups attached to an aromatic ring is 1. The van der Waals surface area contributed by atoms with Crippen LogP contribution in [0.15, 0.2) is 47.4 Å². The lowest BCUT2D eigenvalue weighted by atomic mass is 10.0. The first-order chi connectivity index (χ1) is 12.8. The number of nitrogens with zero attached hydrogens (tertiary/aromatic N) is 3. The van der Waals surface area contributed by atoms with E-state index in [4.69, 9.17) is 5.73 Å². The lowest BCUT2D eigenvalue weighted by molar-refractivity contribution is 0.0691. The van der Waals surface area contributed by atoms with Gasteiger partial charge in [-0.1, -0.05) is 24.3 Å². The van der Waals surface area contributed by atoms with Crippen LogP contribution in [0.5, 0.6) is 0 Å². The summed E-state index contributed by atoms with van der Waals surface area (Å²) in [6, 6.07) is 10.6. The molecular formula is C20H20N4O3. The van der Waals surface area contributed by atoms with Crippen molar-refractivity contribution in [3.05, 3.63) is 64.2 Å². The molecule has 0 aliphatic heterocycles. The van der Waals surface area contributed by atoms with Gasteiger partial charge in [0.05, 0.1) is 11.4 Å². The number of anilines is 1. The van der Waals surface area contributed by atoms with Gasteiger partial charge in [0.15, 0.2) is 11.5 Å². The van der Waals surface area contributed by atoms with Crippen LogP contribution in [0.3, 0.4) is 0 Å². The summed E-state index contributed by atoms with van der Waals surface area (Å²) < 4.78 is 1.56. The number of carbonyl (C=O) groups is 1. The van der Waals surface area contributed by atoms with Crippen molar-refractivity contribution in [1.82, 2.24) is 14.5 Å². The maximum absolute atomic E-state index is 12.1. The number of benzene rings is 1. The zero-order chi connectivity index (χ0) is 19.7. The molecule has 3 rings (SSSR count). The fourth-order valence-electron chi connectivity index (χ4n) is 2.88. The highest BCUT2D eigenvalue weighted by atomic mass is 16.4. The summed E-state index contributed by atoms with van der Waals surface area (Å²) in [5.74, 6) is -1.41. The highest BCUT2D eigenvalue weighted by Crippen LogP contribution is 2.32. The van der Waals surface area contributed by atoms with Gasteiger partial charge in [-0.25, -0.2) is 14.8 Å². The highest BCUT2D eigenvalue weighted by Gasteiger charge is 2.20. The van der Waals surface area contributed by atoms with Crippen molar-refractivity contribution in [2.45, 2.75) is 26.8 Å². The summed E-state index contributed by atoms with van der Waals surface area (Å²) in [6.45, 7) is 5.71. The monoisotopic (exact) mass is 364 g/mol. The first-order valence-electron chi connectivity index (χ1n) is 8.49. The molecule has 7 heteroatoms. The minimum Gasteiger partial charge on any atom is -0.476 e. The summed E-state index contributed by atoms with van der Waals surface area (Å²) in [6.07, 6.45) is 1.67. The van der Waals surface area contributed by atoms with Gasteiger partial charge >= 0.3 is 5.97 Å². The number of aromatic nitrogens is 3. The molecule has 0 bridgehead atoms. The van der Waals surface area contributed by atoms with Crippen molar-refractivity contribution in [2.24, 2.45) is 0 Å². The van der Waals surface area contributed by atoms with E-state index in [1.807, 2.05) is 45.0 Å². The lowest BCUT2D eigenvalue weighted by Crippen LogP contribution is -2.20. The standard InChI is InChI=1S/C20H20N4O3/c1-11(2)24-10-13(8-9-15(24)25)16-17(14-7-5-4-6-12(14)3)23-19(21)18(22-16)20(26)27/h4-11H,1-3H3,(H2,21,23)(H,26,27). The van der Waals surface area contributed by atoms with E-state index >= 15 is 0 Å². The number of aryl methyl sites for hydroxylation is 1. The van der Waals surface area contributed by atoms with E-state index in [1.165, 1.54) is 6.07 Å². The van der Waals surface area contributed by atoms with E-state index < -0.39 is 5.97 Å². The van der Waals surface area contributed by atoms with E-state index in [2.05, 4.69) is 9.97 Å². The Balaban J connectivity index is 2.35. The summed E-state index contributed by atoms with van der Waals surface area (Å²) in [7, 11) is 0. The van der Waals surface area contributed by atoms with Crippen LogP contribution in [0.25, 0.3) is 22.5 Å². The van der Waals surface area contributed by atoms with Gasteiger partial charge in [0.1, 0.15) is 0 Å². The topological polar surface area (TPSA) is 111 Å². The molecule has 0 saturated heterocycles. The van der Waals surface area contributed by atoms with Gasteiger partial charge in [-0.15, -0.1) is 0 Å². The Labute approximate surface area is 156 Å². The zero-order valence-corrected chi connectivity index (χ0v) is 15.3. The van der Waals surface area contributed by atoms with Crippen LogP contribution in [0.2, 0.25) is 0 Å². The summed E-state index contributed by atoms with van der Waals surface area (Å²) in [4.78, 5) is 32.2. The molecule has 0 aliphatic carbocycles. The molecule has 0 saturated carbocycles. The molecule has 0 amide bonds. The van der Waals surface area contributed by atoms with Gasteiger partial charge in [-0.2, -0.15) is 0 Å². The number of hydrogen-bond acceptors (Lipinski definition) is 5. The maximum atomic E-state index is 12.1. The molecule has 0 spiro atoms. The van der Waals surface area contributed by atoms with Crippen molar-refractivity contribution in [3.8, 4) is 22.5 Å². The Morgan fingerprint density at radius 3 is 2.44 bits per heavy atom. The van der Waals surface area contributed by atoms with Crippen molar-refractivity contribution >= 4 is 11.8 Å². The molecule has 7 nitrogen and oxygen atoms in total. The molecule has 1 aromatic carbocycles. The highest BCUT2D eigenvalue weighted by molar-refractivity contribution is 5.93. The normalized spacial score (nSPS) is 11.0. The molecular weight excluding hydrogens is 344 g/mol. The van der Waals surface area contributed by atoms with Crippen LogP contribution in [0.1, 0.15) is 35.9 Å². The second-order valence-corrected chi connectivity index (χ2v) is 6.53. The van der Waals surface area contributed by atoms with Crippen LogP contribution < -0.4 is 11.3 Å². The Bertz CT molecular complexity index is 1090. The first kappa shape index (κ1) is 18.3. The maximum Gasteiger partial charge on any atom is 0.358 e. The minimum atomic E-state index is -1.25. The summed E-state index contributed by atoms with van der Waals surface area (Å²) >= 11 is 0. The van der Waals surface area contributed by atoms with E-state index in [-0.39, 0.29) is 23.1 Å². The van der Waals surface area contributed by atoms with E-state index in [0.717, 1.165) is 11.1 Å². The molecule has 138 valence electrons.